The van der Waals surface area contributed by atoms with Gasteiger partial charge in [-0.25, -0.2) is 0 Å². The van der Waals surface area contributed by atoms with E-state index < -0.39 is 0 Å². The highest BCUT2D eigenvalue weighted by molar-refractivity contribution is 7.80. The highest BCUT2D eigenvalue weighted by Crippen LogP contribution is 2.24. The van der Waals surface area contributed by atoms with Crippen LogP contribution in [0.4, 0.5) is 0 Å². The molecular weight excluding hydrogens is 330 g/mol. The lowest BCUT2D eigenvalue weighted by molar-refractivity contribution is -0.122. The van der Waals surface area contributed by atoms with Gasteiger partial charge in [0.05, 0.1) is 5.92 Å². The van der Waals surface area contributed by atoms with Crippen LogP contribution in [-0.4, -0.2) is 17.1 Å². The van der Waals surface area contributed by atoms with Crippen molar-refractivity contribution in [2.24, 2.45) is 0 Å². The largest absolute Gasteiger partial charge is 0.359 e. The number of hydrogen-bond donors (Lipinski definition) is 3. The number of carbonyl (C=O) groups is 1. The van der Waals surface area contributed by atoms with Crippen LogP contribution in [0.1, 0.15) is 42.7 Å². The van der Waals surface area contributed by atoms with Crippen molar-refractivity contribution in [1.82, 2.24) is 16.2 Å². The van der Waals surface area contributed by atoms with Gasteiger partial charge >= 0.3 is 0 Å². The molecule has 0 unspecified atom stereocenters. The average molecular weight is 353 g/mol. The second-order valence-corrected chi connectivity index (χ2v) is 6.73. The fraction of sp³-hybridized carbons (Fsp3) is 0.300. The van der Waals surface area contributed by atoms with Crippen molar-refractivity contribution in [2.75, 3.05) is 0 Å². The monoisotopic (exact) mass is 353 g/mol. The Balaban J connectivity index is 1.66. The zero-order valence-electron chi connectivity index (χ0n) is 14.1. The summed E-state index contributed by atoms with van der Waals surface area (Å²) in [5.41, 5.74) is 7.50. The van der Waals surface area contributed by atoms with Gasteiger partial charge in [0.15, 0.2) is 5.11 Å². The Hall–Kier alpha value is -2.40. The molecule has 5 heteroatoms. The van der Waals surface area contributed by atoms with E-state index in [1.165, 1.54) is 12.8 Å². The van der Waals surface area contributed by atoms with Crippen LogP contribution in [0.3, 0.4) is 0 Å². The second kappa shape index (κ2) is 8.62. The predicted octanol–water partition coefficient (Wildman–Crippen LogP) is 3.26. The molecule has 0 spiro atoms. The molecule has 1 aliphatic carbocycles. The minimum Gasteiger partial charge on any atom is -0.359 e. The van der Waals surface area contributed by atoms with Crippen LogP contribution in [0.5, 0.6) is 0 Å². The Labute approximate surface area is 154 Å². The molecule has 0 bridgehead atoms. The quantitative estimate of drug-likeness (QED) is 0.583. The molecule has 1 fully saturated rings. The molecule has 25 heavy (non-hydrogen) atoms. The van der Waals surface area contributed by atoms with Gasteiger partial charge < -0.3 is 5.32 Å². The van der Waals surface area contributed by atoms with Crippen molar-refractivity contribution in [3.8, 4) is 0 Å². The number of hydrogen-bond acceptors (Lipinski definition) is 2. The zero-order chi connectivity index (χ0) is 17.5. The lowest BCUT2D eigenvalue weighted by Gasteiger charge is -2.20. The molecule has 0 radical (unpaired) electrons. The van der Waals surface area contributed by atoms with E-state index in [1.54, 1.807) is 0 Å². The molecule has 0 aromatic heterocycles. The van der Waals surface area contributed by atoms with Crippen LogP contribution >= 0.6 is 12.2 Å². The van der Waals surface area contributed by atoms with Gasteiger partial charge in [0.1, 0.15) is 0 Å². The predicted molar refractivity (Wildman–Crippen MR) is 104 cm³/mol. The number of hydrazine groups is 1. The first-order chi connectivity index (χ1) is 12.2. The lowest BCUT2D eigenvalue weighted by atomic mass is 9.91. The SMILES string of the molecule is O=C(NNC(=S)NC1CCCC1)C(c1ccccc1)c1ccccc1. The molecule has 130 valence electrons. The van der Waals surface area contributed by atoms with Crippen LogP contribution in [0, 0.1) is 0 Å². The number of nitrogens with one attached hydrogen (secondary N) is 3. The van der Waals surface area contributed by atoms with Gasteiger partial charge in [0.25, 0.3) is 0 Å². The van der Waals surface area contributed by atoms with Gasteiger partial charge in [0.2, 0.25) is 5.91 Å². The Morgan fingerprint density at radius 2 is 1.40 bits per heavy atom. The van der Waals surface area contributed by atoms with Gasteiger partial charge in [-0.1, -0.05) is 73.5 Å². The molecule has 2 aromatic carbocycles. The summed E-state index contributed by atoms with van der Waals surface area (Å²) < 4.78 is 0. The van der Waals surface area contributed by atoms with Crippen molar-refractivity contribution < 1.29 is 4.79 Å². The van der Waals surface area contributed by atoms with Gasteiger partial charge in [-0.05, 0) is 36.2 Å². The van der Waals surface area contributed by atoms with Gasteiger partial charge in [-0.3, -0.25) is 15.6 Å². The van der Waals surface area contributed by atoms with E-state index in [-0.39, 0.29) is 11.8 Å². The van der Waals surface area contributed by atoms with Gasteiger partial charge in [-0.15, -0.1) is 0 Å². The first-order valence-corrected chi connectivity index (χ1v) is 9.11. The first kappa shape index (κ1) is 17.4. The molecule has 0 atom stereocenters. The minimum atomic E-state index is -0.385. The van der Waals surface area contributed by atoms with E-state index in [4.69, 9.17) is 12.2 Å². The summed E-state index contributed by atoms with van der Waals surface area (Å²) in [6, 6.07) is 19.9. The molecule has 0 heterocycles. The lowest BCUT2D eigenvalue weighted by Crippen LogP contribution is -2.50. The Kier molecular flexibility index (Phi) is 6.01. The van der Waals surface area contributed by atoms with E-state index >= 15 is 0 Å². The van der Waals surface area contributed by atoms with Crippen LogP contribution in [0.2, 0.25) is 0 Å². The molecule has 1 aliphatic rings. The second-order valence-electron chi connectivity index (χ2n) is 6.32. The van der Waals surface area contributed by atoms with Crippen molar-refractivity contribution in [3.05, 3.63) is 71.8 Å². The average Bonchev–Trinajstić information content (AvgIpc) is 3.15. The highest BCUT2D eigenvalue weighted by Gasteiger charge is 2.23. The maximum atomic E-state index is 12.8. The summed E-state index contributed by atoms with van der Waals surface area (Å²) in [5.74, 6) is -0.517. The van der Waals surface area contributed by atoms with Crippen LogP contribution < -0.4 is 16.2 Å². The molecule has 3 N–H and O–H groups in total. The van der Waals surface area contributed by atoms with E-state index in [9.17, 15) is 4.79 Å². The number of benzene rings is 2. The number of rotatable bonds is 4. The van der Waals surface area contributed by atoms with Crippen molar-refractivity contribution in [2.45, 2.75) is 37.6 Å². The van der Waals surface area contributed by atoms with E-state index in [1.807, 2.05) is 60.7 Å². The summed E-state index contributed by atoms with van der Waals surface area (Å²) >= 11 is 5.29. The van der Waals surface area contributed by atoms with Crippen LogP contribution in [0.15, 0.2) is 60.7 Å². The highest BCUT2D eigenvalue weighted by atomic mass is 32.1. The summed E-state index contributed by atoms with van der Waals surface area (Å²) in [4.78, 5) is 12.8. The molecule has 4 nitrogen and oxygen atoms in total. The molecule has 0 aliphatic heterocycles. The Bertz CT molecular complexity index is 660. The van der Waals surface area contributed by atoms with Crippen molar-refractivity contribution in [3.63, 3.8) is 0 Å². The van der Waals surface area contributed by atoms with Crippen LogP contribution in [-0.2, 0) is 4.79 Å². The zero-order valence-corrected chi connectivity index (χ0v) is 14.9. The fourth-order valence-electron chi connectivity index (χ4n) is 3.27. The molecule has 2 aromatic rings. The summed E-state index contributed by atoms with van der Waals surface area (Å²) in [6.07, 6.45) is 4.73. The molecule has 0 saturated heterocycles. The maximum absolute atomic E-state index is 12.8. The third-order valence-corrected chi connectivity index (χ3v) is 4.74. The summed E-state index contributed by atoms with van der Waals surface area (Å²) in [6.45, 7) is 0. The third kappa shape index (κ3) is 4.79. The third-order valence-electron chi connectivity index (χ3n) is 4.52. The van der Waals surface area contributed by atoms with Gasteiger partial charge in [-0.2, -0.15) is 0 Å². The topological polar surface area (TPSA) is 53.2 Å². The van der Waals surface area contributed by atoms with E-state index in [2.05, 4.69) is 16.2 Å². The van der Waals surface area contributed by atoms with Crippen LogP contribution in [0.25, 0.3) is 0 Å². The Morgan fingerprint density at radius 3 is 1.92 bits per heavy atom. The summed E-state index contributed by atoms with van der Waals surface area (Å²) in [7, 11) is 0. The minimum absolute atomic E-state index is 0.132. The molecule has 1 amide bonds. The standard InChI is InChI=1S/C20H23N3OS/c24-19(22-23-20(25)21-17-13-7-8-14-17)18(15-9-3-1-4-10-15)16-11-5-2-6-12-16/h1-6,9-12,17-18H,7-8,13-14H2,(H,22,24)(H2,21,23,25). The summed E-state index contributed by atoms with van der Waals surface area (Å²) in [5, 5.41) is 3.73. The van der Waals surface area contributed by atoms with Crippen molar-refractivity contribution >= 4 is 23.2 Å². The Morgan fingerprint density at radius 1 is 0.880 bits per heavy atom. The first-order valence-electron chi connectivity index (χ1n) is 8.70. The smallest absolute Gasteiger partial charge is 0.250 e. The normalized spacial score (nSPS) is 14.3. The van der Waals surface area contributed by atoms with Crippen molar-refractivity contribution in [1.29, 1.82) is 0 Å². The maximum Gasteiger partial charge on any atom is 0.250 e. The van der Waals surface area contributed by atoms with E-state index in [0.717, 1.165) is 24.0 Å². The number of thiocarbonyl (C=S) groups is 1. The number of carbonyl (C=O) groups excluding carboxylic acids is 1. The number of amides is 1. The fourth-order valence-corrected chi connectivity index (χ4v) is 3.49. The molecular formula is C20H23N3OS. The molecule has 1 saturated carbocycles. The molecule has 3 rings (SSSR count). The van der Waals surface area contributed by atoms with Gasteiger partial charge in [0, 0.05) is 6.04 Å². The van der Waals surface area contributed by atoms with E-state index in [0.29, 0.717) is 11.2 Å².